The molecular weight excluding hydrogens is 383 g/mol. The molecule has 0 radical (unpaired) electrons. The van der Waals surface area contributed by atoms with Gasteiger partial charge in [-0.05, 0) is 6.42 Å². The van der Waals surface area contributed by atoms with Crippen LogP contribution in [0.2, 0.25) is 0 Å². The molecule has 0 saturated heterocycles. The van der Waals surface area contributed by atoms with Gasteiger partial charge in [0.15, 0.2) is 0 Å². The summed E-state index contributed by atoms with van der Waals surface area (Å²) in [4.78, 5) is 32.8. The van der Waals surface area contributed by atoms with Crippen molar-refractivity contribution in [1.82, 2.24) is 0 Å². The Morgan fingerprint density at radius 3 is 1.36 bits per heavy atom. The largest absolute Gasteiger partial charge is 0.466 e. The number of carbonyl (C=O) groups excluding carboxylic acids is 1. The van der Waals surface area contributed by atoms with Crippen LogP contribution in [0, 0.1) is 0 Å². The lowest BCUT2D eigenvalue weighted by molar-refractivity contribution is -0.144. The van der Waals surface area contributed by atoms with Crippen LogP contribution in [0.25, 0.3) is 0 Å². The normalized spacial score (nSPS) is 11.0. The number of ether oxygens (including phenoxy) is 1. The van der Waals surface area contributed by atoms with Gasteiger partial charge in [0.1, 0.15) is 6.61 Å². The maximum Gasteiger partial charge on any atom is 0.466 e. The number of hydrogen-bond acceptors (Lipinski definition) is 4. The van der Waals surface area contributed by atoms with Crippen LogP contribution < -0.4 is 0 Å². The van der Waals surface area contributed by atoms with Crippen molar-refractivity contribution in [3.8, 4) is 0 Å². The Kier molecular flexibility index (Phi) is 24.2. The molecule has 170 valence electrons. The van der Waals surface area contributed by atoms with E-state index >= 15 is 0 Å². The van der Waals surface area contributed by atoms with E-state index in [1.165, 1.54) is 83.5 Å². The Bertz CT molecular complexity index is 363. The first kappa shape index (κ1) is 29.7. The van der Waals surface area contributed by atoms with E-state index in [4.69, 9.17) is 29.1 Å². The minimum Gasteiger partial charge on any atom is -0.463 e. The van der Waals surface area contributed by atoms with Crippen molar-refractivity contribution in [2.45, 2.75) is 110 Å². The summed E-state index contributed by atoms with van der Waals surface area (Å²) >= 11 is 0. The predicted octanol–water partition coefficient (Wildman–Crippen LogP) is 4.85. The second-order valence-electron chi connectivity index (χ2n) is 7.16. The van der Waals surface area contributed by atoms with Crippen LogP contribution in [-0.2, 0) is 14.1 Å². The van der Waals surface area contributed by atoms with Gasteiger partial charge in [-0.15, -0.1) is 0 Å². The van der Waals surface area contributed by atoms with Crippen LogP contribution in [0.3, 0.4) is 0 Å². The van der Waals surface area contributed by atoms with E-state index in [9.17, 15) is 4.79 Å². The molecule has 0 saturated carbocycles. The van der Waals surface area contributed by atoms with Crippen molar-refractivity contribution in [1.29, 1.82) is 0 Å². The lowest BCUT2D eigenvalue weighted by atomic mass is 10.0. The van der Waals surface area contributed by atoms with Crippen molar-refractivity contribution in [2.24, 2.45) is 0 Å². The first-order valence-electron chi connectivity index (χ1n) is 10.9. The molecule has 0 aromatic heterocycles. The topological polar surface area (TPSA) is 124 Å². The highest BCUT2D eigenvalue weighted by Crippen LogP contribution is 2.25. The lowest BCUT2D eigenvalue weighted by Gasteiger charge is -2.04. The van der Waals surface area contributed by atoms with Gasteiger partial charge in [-0.3, -0.25) is 4.79 Å². The van der Waals surface area contributed by atoms with E-state index in [1.54, 1.807) is 0 Å². The molecule has 0 aromatic carbocycles. The van der Waals surface area contributed by atoms with Crippen LogP contribution >= 0.6 is 7.82 Å². The Morgan fingerprint density at radius 2 is 1.04 bits per heavy atom. The molecule has 4 N–H and O–H groups in total. The van der Waals surface area contributed by atoms with E-state index < -0.39 is 7.82 Å². The molecule has 7 nitrogen and oxygen atoms in total. The monoisotopic (exact) mass is 426 g/mol. The maximum atomic E-state index is 11.2. The molecule has 0 bridgehead atoms. The molecule has 0 heterocycles. The van der Waals surface area contributed by atoms with Crippen molar-refractivity contribution in [2.75, 3.05) is 13.2 Å². The quantitative estimate of drug-likeness (QED) is 0.140. The molecule has 0 aromatic rings. The van der Waals surface area contributed by atoms with Gasteiger partial charge in [0.2, 0.25) is 0 Å². The lowest BCUT2D eigenvalue weighted by Crippen LogP contribution is -2.07. The summed E-state index contributed by atoms with van der Waals surface area (Å²) in [7, 11) is -4.64. The molecule has 8 heteroatoms. The number of aliphatic hydroxyl groups is 1. The Morgan fingerprint density at radius 1 is 0.714 bits per heavy atom. The van der Waals surface area contributed by atoms with Gasteiger partial charge in [-0.2, -0.15) is 0 Å². The third kappa shape index (κ3) is 36.5. The zero-order valence-corrected chi connectivity index (χ0v) is 18.6. The number of hydrogen-bond donors (Lipinski definition) is 4. The molecule has 0 aliphatic heterocycles. The molecule has 0 spiro atoms. The molecule has 0 atom stereocenters. The highest BCUT2D eigenvalue weighted by Gasteiger charge is 2.01. The van der Waals surface area contributed by atoms with Crippen molar-refractivity contribution in [3.63, 3.8) is 0 Å². The number of rotatable bonds is 18. The van der Waals surface area contributed by atoms with Crippen LogP contribution in [0.15, 0.2) is 0 Å². The third-order valence-corrected chi connectivity index (χ3v) is 4.34. The summed E-state index contributed by atoms with van der Waals surface area (Å²) in [5, 5.41) is 8.54. The molecule has 0 aliphatic carbocycles. The third-order valence-electron chi connectivity index (χ3n) is 4.34. The number of esters is 1. The number of unbranched alkanes of at least 4 members (excludes halogenated alkanes) is 14. The van der Waals surface area contributed by atoms with Crippen LogP contribution in [0.4, 0.5) is 0 Å². The first-order chi connectivity index (χ1) is 13.3. The summed E-state index contributed by atoms with van der Waals surface area (Å²) in [5.41, 5.74) is 0. The van der Waals surface area contributed by atoms with Crippen molar-refractivity contribution < 1.29 is 33.9 Å². The fraction of sp³-hybridized carbons (Fsp3) is 0.950. The Balaban J connectivity index is 0. The zero-order chi connectivity index (χ0) is 21.5. The fourth-order valence-corrected chi connectivity index (χ4v) is 2.87. The average molecular weight is 427 g/mol. The average Bonchev–Trinajstić information content (AvgIpc) is 2.61. The summed E-state index contributed by atoms with van der Waals surface area (Å²) in [6, 6.07) is 0. The highest BCUT2D eigenvalue weighted by molar-refractivity contribution is 7.45. The van der Waals surface area contributed by atoms with Gasteiger partial charge >= 0.3 is 13.8 Å². The fourth-order valence-electron chi connectivity index (χ4n) is 2.87. The summed E-state index contributed by atoms with van der Waals surface area (Å²) in [6.07, 6.45) is 20.4. The van der Waals surface area contributed by atoms with E-state index in [2.05, 4.69) is 6.92 Å². The van der Waals surface area contributed by atoms with Gasteiger partial charge in [0.05, 0.1) is 6.61 Å². The van der Waals surface area contributed by atoms with E-state index in [0.29, 0.717) is 6.42 Å². The van der Waals surface area contributed by atoms with Crippen molar-refractivity contribution in [3.05, 3.63) is 0 Å². The van der Waals surface area contributed by atoms with Crippen molar-refractivity contribution >= 4 is 13.8 Å². The molecule has 0 unspecified atom stereocenters. The van der Waals surface area contributed by atoms with Gasteiger partial charge in [0.25, 0.3) is 0 Å². The molecular formula is C20H43O7P. The molecule has 28 heavy (non-hydrogen) atoms. The summed E-state index contributed by atoms with van der Waals surface area (Å²) in [6.45, 7) is 2.33. The zero-order valence-electron chi connectivity index (χ0n) is 17.7. The molecule has 0 aliphatic rings. The minimum atomic E-state index is -4.64. The number of phosphoric acid groups is 1. The van der Waals surface area contributed by atoms with Gasteiger partial charge in [-0.1, -0.05) is 96.8 Å². The second-order valence-corrected chi connectivity index (χ2v) is 8.18. The standard InChI is InChI=1S/C20H40O3.H3O4P/c1-2-3-4-5-6-7-8-9-10-11-12-13-14-15-16-17-20(22)23-19-18-21;1-5(2,3)4/h21H,2-19H2,1H3;(H3,1,2,3,4). The molecule has 0 fully saturated rings. The van der Waals surface area contributed by atoms with E-state index in [0.717, 1.165) is 12.8 Å². The second kappa shape index (κ2) is 22.8. The summed E-state index contributed by atoms with van der Waals surface area (Å²) in [5.74, 6) is -0.172. The van der Waals surface area contributed by atoms with Gasteiger partial charge in [-0.25, -0.2) is 4.57 Å². The highest BCUT2D eigenvalue weighted by atomic mass is 31.2. The van der Waals surface area contributed by atoms with Crippen LogP contribution in [0.1, 0.15) is 110 Å². The summed E-state index contributed by atoms with van der Waals surface area (Å²) < 4.78 is 13.7. The van der Waals surface area contributed by atoms with Gasteiger partial charge < -0.3 is 24.5 Å². The maximum absolute atomic E-state index is 11.2. The van der Waals surface area contributed by atoms with Crippen LogP contribution in [0.5, 0.6) is 0 Å². The SMILES string of the molecule is CCCCCCCCCCCCCCCCCC(=O)OCCO.O=P(O)(O)O. The molecule has 0 amide bonds. The molecule has 0 rings (SSSR count). The van der Waals surface area contributed by atoms with E-state index in [-0.39, 0.29) is 19.2 Å². The smallest absolute Gasteiger partial charge is 0.463 e. The Hall–Kier alpha value is -0.460. The Labute approximate surface area is 171 Å². The van der Waals surface area contributed by atoms with Crippen LogP contribution in [-0.4, -0.2) is 39.0 Å². The first-order valence-corrected chi connectivity index (χ1v) is 12.4. The van der Waals surface area contributed by atoms with E-state index in [1.807, 2.05) is 0 Å². The minimum absolute atomic E-state index is 0.0788. The number of carbonyl (C=O) groups is 1. The van der Waals surface area contributed by atoms with Gasteiger partial charge in [0, 0.05) is 6.42 Å². The predicted molar refractivity (Wildman–Crippen MR) is 112 cm³/mol. The number of aliphatic hydroxyl groups excluding tert-OH is 1.